The highest BCUT2D eigenvalue weighted by atomic mass is 16.5. The monoisotopic (exact) mass is 404 g/mol. The van der Waals surface area contributed by atoms with Gasteiger partial charge < -0.3 is 25.4 Å². The Morgan fingerprint density at radius 2 is 1.90 bits per heavy atom. The van der Waals surface area contributed by atoms with Gasteiger partial charge in [0, 0.05) is 26.2 Å². The molecule has 1 atom stereocenters. The second-order valence-electron chi connectivity index (χ2n) is 8.33. The molecular formula is C23H40N4O2. The minimum absolute atomic E-state index is 0.105. The molecule has 0 saturated carbocycles. The van der Waals surface area contributed by atoms with Crippen molar-refractivity contribution in [3.05, 3.63) is 29.8 Å². The number of nitrogens with zero attached hydrogens (tertiary/aromatic N) is 2. The van der Waals surface area contributed by atoms with Crippen molar-refractivity contribution in [2.24, 2.45) is 10.9 Å². The third kappa shape index (κ3) is 9.05. The van der Waals surface area contributed by atoms with Crippen molar-refractivity contribution < 1.29 is 9.84 Å². The number of rotatable bonds is 10. The molecule has 1 unspecified atom stereocenters. The van der Waals surface area contributed by atoms with Crippen LogP contribution in [0.1, 0.15) is 58.6 Å². The number of benzene rings is 1. The van der Waals surface area contributed by atoms with Crippen LogP contribution >= 0.6 is 0 Å². The van der Waals surface area contributed by atoms with Gasteiger partial charge in [-0.25, -0.2) is 0 Å². The summed E-state index contributed by atoms with van der Waals surface area (Å²) in [6.07, 6.45) is 2.72. The molecule has 1 fully saturated rings. The summed E-state index contributed by atoms with van der Waals surface area (Å²) in [5.74, 6) is 2.30. The molecule has 1 saturated heterocycles. The summed E-state index contributed by atoms with van der Waals surface area (Å²) in [6, 6.07) is 8.46. The first-order chi connectivity index (χ1) is 14.0. The van der Waals surface area contributed by atoms with E-state index in [4.69, 9.17) is 9.73 Å². The third-order valence-corrected chi connectivity index (χ3v) is 5.12. The van der Waals surface area contributed by atoms with Crippen LogP contribution in [0.3, 0.4) is 0 Å². The number of nitrogens with one attached hydrogen (secondary N) is 2. The minimum Gasteiger partial charge on any atom is -0.493 e. The molecule has 0 radical (unpaired) electrons. The second-order valence-corrected chi connectivity index (χ2v) is 8.33. The largest absolute Gasteiger partial charge is 0.493 e. The standard InChI is InChI=1S/C23H40N4O2/c1-5-24-23(25-13-6-14-27-15-11-21(28)12-16-27)26-19(4)20-7-9-22(10-8-20)29-17-18(2)3/h7-10,18-19,21,28H,5-6,11-17H2,1-4H3,(H2,24,25,26). The molecule has 1 aliphatic rings. The first-order valence-electron chi connectivity index (χ1n) is 11.2. The van der Waals surface area contributed by atoms with Crippen LogP contribution in [-0.2, 0) is 0 Å². The summed E-state index contributed by atoms with van der Waals surface area (Å²) in [4.78, 5) is 7.16. The average molecular weight is 405 g/mol. The summed E-state index contributed by atoms with van der Waals surface area (Å²) >= 11 is 0. The maximum absolute atomic E-state index is 9.60. The van der Waals surface area contributed by atoms with Gasteiger partial charge in [-0.15, -0.1) is 0 Å². The van der Waals surface area contributed by atoms with Crippen LogP contribution < -0.4 is 15.4 Å². The molecule has 1 aromatic carbocycles. The lowest BCUT2D eigenvalue weighted by Gasteiger charge is -2.29. The fourth-order valence-electron chi connectivity index (χ4n) is 3.35. The van der Waals surface area contributed by atoms with Crippen molar-refractivity contribution >= 4 is 5.96 Å². The number of likely N-dealkylation sites (tertiary alicyclic amines) is 1. The van der Waals surface area contributed by atoms with Gasteiger partial charge in [0.25, 0.3) is 0 Å². The van der Waals surface area contributed by atoms with E-state index in [2.05, 4.69) is 55.4 Å². The molecule has 0 bridgehead atoms. The Hall–Kier alpha value is -1.79. The van der Waals surface area contributed by atoms with Crippen LogP contribution in [0.2, 0.25) is 0 Å². The molecule has 29 heavy (non-hydrogen) atoms. The molecule has 0 amide bonds. The maximum Gasteiger partial charge on any atom is 0.191 e. The van der Waals surface area contributed by atoms with E-state index in [0.717, 1.165) is 70.3 Å². The van der Waals surface area contributed by atoms with Crippen LogP contribution in [0, 0.1) is 5.92 Å². The number of guanidine groups is 1. The Kier molecular flexibility index (Phi) is 10.3. The number of hydrogen-bond acceptors (Lipinski definition) is 4. The first-order valence-corrected chi connectivity index (χ1v) is 11.2. The predicted octanol–water partition coefficient (Wildman–Crippen LogP) is 3.18. The number of aliphatic hydroxyl groups excluding tert-OH is 1. The number of aliphatic hydroxyl groups is 1. The third-order valence-electron chi connectivity index (χ3n) is 5.12. The molecule has 1 aromatic rings. The Bertz CT molecular complexity index is 595. The van der Waals surface area contributed by atoms with Gasteiger partial charge in [-0.3, -0.25) is 4.99 Å². The second kappa shape index (κ2) is 12.7. The SMILES string of the molecule is CCNC(=NCCCN1CCC(O)CC1)NC(C)c1ccc(OCC(C)C)cc1. The maximum atomic E-state index is 9.60. The van der Waals surface area contributed by atoms with Crippen LogP contribution in [0.15, 0.2) is 29.3 Å². The fraction of sp³-hybridized carbons (Fsp3) is 0.696. The van der Waals surface area contributed by atoms with E-state index in [1.165, 1.54) is 5.56 Å². The van der Waals surface area contributed by atoms with Gasteiger partial charge in [-0.1, -0.05) is 26.0 Å². The molecule has 2 rings (SSSR count). The lowest BCUT2D eigenvalue weighted by molar-refractivity contribution is 0.0824. The Morgan fingerprint density at radius 3 is 2.52 bits per heavy atom. The lowest BCUT2D eigenvalue weighted by atomic mass is 10.1. The van der Waals surface area contributed by atoms with Crippen molar-refractivity contribution in [3.8, 4) is 5.75 Å². The van der Waals surface area contributed by atoms with E-state index in [-0.39, 0.29) is 12.1 Å². The molecule has 0 aromatic heterocycles. The van der Waals surface area contributed by atoms with Crippen molar-refractivity contribution in [2.45, 2.75) is 59.1 Å². The van der Waals surface area contributed by atoms with E-state index >= 15 is 0 Å². The number of piperidine rings is 1. The van der Waals surface area contributed by atoms with E-state index in [0.29, 0.717) is 5.92 Å². The van der Waals surface area contributed by atoms with Gasteiger partial charge in [0.15, 0.2) is 5.96 Å². The van der Waals surface area contributed by atoms with Gasteiger partial charge in [0.1, 0.15) is 5.75 Å². The van der Waals surface area contributed by atoms with Crippen molar-refractivity contribution in [1.29, 1.82) is 0 Å². The number of hydrogen-bond donors (Lipinski definition) is 3. The molecular weight excluding hydrogens is 364 g/mol. The van der Waals surface area contributed by atoms with E-state index in [1.54, 1.807) is 0 Å². The van der Waals surface area contributed by atoms with Crippen molar-refractivity contribution in [1.82, 2.24) is 15.5 Å². The average Bonchev–Trinajstić information content (AvgIpc) is 2.71. The highest BCUT2D eigenvalue weighted by molar-refractivity contribution is 5.80. The van der Waals surface area contributed by atoms with Crippen LogP contribution in [0.25, 0.3) is 0 Å². The van der Waals surface area contributed by atoms with E-state index < -0.39 is 0 Å². The summed E-state index contributed by atoms with van der Waals surface area (Å²) in [5, 5.41) is 16.4. The molecule has 6 nitrogen and oxygen atoms in total. The summed E-state index contributed by atoms with van der Waals surface area (Å²) in [7, 11) is 0. The number of ether oxygens (including phenoxy) is 1. The Labute approximate surface area is 176 Å². The highest BCUT2D eigenvalue weighted by Gasteiger charge is 2.16. The normalized spacial score (nSPS) is 17.4. The number of aliphatic imine (C=N–C) groups is 1. The van der Waals surface area contributed by atoms with Gasteiger partial charge in [0.2, 0.25) is 0 Å². The van der Waals surface area contributed by atoms with Crippen molar-refractivity contribution in [2.75, 3.05) is 39.3 Å². The summed E-state index contributed by atoms with van der Waals surface area (Å²) in [5.41, 5.74) is 1.21. The minimum atomic E-state index is -0.105. The first kappa shape index (κ1) is 23.5. The van der Waals surface area contributed by atoms with Gasteiger partial charge >= 0.3 is 0 Å². The smallest absolute Gasteiger partial charge is 0.191 e. The van der Waals surface area contributed by atoms with Gasteiger partial charge in [0.05, 0.1) is 18.8 Å². The van der Waals surface area contributed by atoms with Crippen LogP contribution in [0.4, 0.5) is 0 Å². The molecule has 164 valence electrons. The molecule has 3 N–H and O–H groups in total. The van der Waals surface area contributed by atoms with Crippen molar-refractivity contribution in [3.63, 3.8) is 0 Å². The molecule has 0 spiro atoms. The Balaban J connectivity index is 1.79. The van der Waals surface area contributed by atoms with Gasteiger partial charge in [-0.2, -0.15) is 0 Å². The predicted molar refractivity (Wildman–Crippen MR) is 121 cm³/mol. The Morgan fingerprint density at radius 1 is 1.21 bits per heavy atom. The van der Waals surface area contributed by atoms with Gasteiger partial charge in [-0.05, 0) is 63.3 Å². The zero-order chi connectivity index (χ0) is 21.1. The quantitative estimate of drug-likeness (QED) is 0.317. The molecule has 6 heteroatoms. The zero-order valence-corrected chi connectivity index (χ0v) is 18.7. The lowest BCUT2D eigenvalue weighted by Crippen LogP contribution is -2.39. The highest BCUT2D eigenvalue weighted by Crippen LogP contribution is 2.18. The zero-order valence-electron chi connectivity index (χ0n) is 18.7. The summed E-state index contributed by atoms with van der Waals surface area (Å²) in [6.45, 7) is 13.9. The van der Waals surface area contributed by atoms with E-state index in [1.807, 2.05) is 12.1 Å². The topological polar surface area (TPSA) is 69.1 Å². The van der Waals surface area contributed by atoms with E-state index in [9.17, 15) is 5.11 Å². The molecule has 1 heterocycles. The summed E-state index contributed by atoms with van der Waals surface area (Å²) < 4.78 is 5.77. The molecule has 1 aliphatic heterocycles. The van der Waals surface area contributed by atoms with Crippen LogP contribution in [-0.4, -0.2) is 61.4 Å². The van der Waals surface area contributed by atoms with Crippen LogP contribution in [0.5, 0.6) is 5.75 Å². The molecule has 0 aliphatic carbocycles. The fourth-order valence-corrected chi connectivity index (χ4v) is 3.35.